The van der Waals surface area contributed by atoms with E-state index in [9.17, 15) is 9.59 Å². The van der Waals surface area contributed by atoms with Gasteiger partial charge in [-0.2, -0.15) is 0 Å². The van der Waals surface area contributed by atoms with Crippen molar-refractivity contribution in [1.82, 2.24) is 0 Å². The molecule has 2 atom stereocenters. The summed E-state index contributed by atoms with van der Waals surface area (Å²) in [6.07, 6.45) is 5.05. The molecule has 2 aliphatic heterocycles. The van der Waals surface area contributed by atoms with Crippen molar-refractivity contribution in [2.24, 2.45) is 0 Å². The monoisotopic (exact) mass is 590 g/mol. The van der Waals surface area contributed by atoms with Gasteiger partial charge in [0, 0.05) is 24.0 Å². The molecule has 0 amide bonds. The first kappa shape index (κ1) is 29.8. The number of hydrogen-bond acceptors (Lipinski definition) is 6. The Morgan fingerprint density at radius 2 is 0.818 bits per heavy atom. The number of benzene rings is 4. The fourth-order valence-electron chi connectivity index (χ4n) is 5.10. The number of epoxide rings is 2. The van der Waals surface area contributed by atoms with Crippen molar-refractivity contribution in [1.29, 1.82) is 0 Å². The maximum absolute atomic E-state index is 12.7. The van der Waals surface area contributed by atoms with Crippen molar-refractivity contribution >= 4 is 11.6 Å². The third-order valence-electron chi connectivity index (χ3n) is 8.02. The molecule has 2 aliphatic rings. The molecule has 0 N–H and O–H groups in total. The van der Waals surface area contributed by atoms with Crippen LogP contribution in [0.3, 0.4) is 0 Å². The average molecular weight is 591 g/mol. The normalized spacial score (nSPS) is 16.7. The van der Waals surface area contributed by atoms with Crippen molar-refractivity contribution in [3.63, 3.8) is 0 Å². The lowest BCUT2D eigenvalue weighted by Gasteiger charge is -2.07. The molecule has 4 aromatic carbocycles. The van der Waals surface area contributed by atoms with Gasteiger partial charge in [-0.15, -0.1) is 0 Å². The first-order valence-electron chi connectivity index (χ1n) is 15.6. The van der Waals surface area contributed by atoms with Gasteiger partial charge in [0.1, 0.15) is 36.9 Å². The van der Waals surface area contributed by atoms with Crippen LogP contribution in [0.25, 0.3) is 22.3 Å². The Balaban J connectivity index is 0.870. The molecule has 4 aromatic rings. The highest BCUT2D eigenvalue weighted by Gasteiger charge is 2.23. The molecule has 0 bridgehead atoms. The minimum Gasteiger partial charge on any atom is -0.491 e. The molecule has 6 heteroatoms. The van der Waals surface area contributed by atoms with Gasteiger partial charge in [0.15, 0.2) is 11.6 Å². The van der Waals surface area contributed by atoms with E-state index in [1.165, 1.54) is 0 Å². The number of carbonyl (C=O) groups excluding carboxylic acids is 2. The summed E-state index contributed by atoms with van der Waals surface area (Å²) in [5, 5.41) is 0. The Morgan fingerprint density at radius 3 is 1.14 bits per heavy atom. The van der Waals surface area contributed by atoms with E-state index in [1.807, 2.05) is 97.1 Å². The van der Waals surface area contributed by atoms with Gasteiger partial charge in [0.05, 0.1) is 13.2 Å². The van der Waals surface area contributed by atoms with Crippen LogP contribution >= 0.6 is 0 Å². The summed E-state index contributed by atoms with van der Waals surface area (Å²) in [5.41, 5.74) is 5.78. The second-order valence-electron chi connectivity index (χ2n) is 11.5. The second-order valence-corrected chi connectivity index (χ2v) is 11.5. The lowest BCUT2D eigenvalue weighted by atomic mass is 9.98. The Labute approximate surface area is 258 Å². The molecule has 2 fully saturated rings. The van der Waals surface area contributed by atoms with Crippen LogP contribution in [0.4, 0.5) is 0 Å². The summed E-state index contributed by atoms with van der Waals surface area (Å²) < 4.78 is 21.8. The lowest BCUT2D eigenvalue weighted by Crippen LogP contribution is -2.03. The van der Waals surface area contributed by atoms with E-state index >= 15 is 0 Å². The van der Waals surface area contributed by atoms with Gasteiger partial charge in [-0.3, -0.25) is 9.59 Å². The van der Waals surface area contributed by atoms with Crippen molar-refractivity contribution in [3.05, 3.63) is 108 Å². The quantitative estimate of drug-likeness (QED) is 0.0705. The topological polar surface area (TPSA) is 77.7 Å². The Hall–Kier alpha value is -4.26. The summed E-state index contributed by atoms with van der Waals surface area (Å²) in [7, 11) is 0. The predicted molar refractivity (Wildman–Crippen MR) is 171 cm³/mol. The number of unbranched alkanes of at least 4 members (excludes halogenated alkanes) is 3. The van der Waals surface area contributed by atoms with Crippen LogP contribution < -0.4 is 9.47 Å². The highest BCUT2D eigenvalue weighted by molar-refractivity contribution is 5.97. The number of Topliss-reactive ketones (excluding diaryl/α,β-unsaturated/α-hetero) is 2. The molecular formula is C38H38O6. The van der Waals surface area contributed by atoms with Crippen LogP contribution in [-0.2, 0) is 9.47 Å². The van der Waals surface area contributed by atoms with Crippen molar-refractivity contribution in [2.75, 3.05) is 26.4 Å². The zero-order valence-corrected chi connectivity index (χ0v) is 24.9. The van der Waals surface area contributed by atoms with E-state index in [4.69, 9.17) is 18.9 Å². The van der Waals surface area contributed by atoms with Crippen LogP contribution in [0.1, 0.15) is 59.2 Å². The predicted octanol–water partition coefficient (Wildman–Crippen LogP) is 7.98. The summed E-state index contributed by atoms with van der Waals surface area (Å²) in [6, 6.07) is 31.6. The van der Waals surface area contributed by atoms with Crippen molar-refractivity contribution < 1.29 is 28.5 Å². The minimum absolute atomic E-state index is 0.161. The van der Waals surface area contributed by atoms with Gasteiger partial charge in [-0.05, 0) is 59.4 Å². The lowest BCUT2D eigenvalue weighted by molar-refractivity contribution is 0.0966. The van der Waals surface area contributed by atoms with Crippen LogP contribution in [0.5, 0.6) is 11.5 Å². The summed E-state index contributed by atoms with van der Waals surface area (Å²) in [5.74, 6) is 1.99. The third-order valence-corrected chi connectivity index (χ3v) is 8.02. The number of hydrogen-bond donors (Lipinski definition) is 0. The molecule has 44 heavy (non-hydrogen) atoms. The minimum atomic E-state index is 0.161. The smallest absolute Gasteiger partial charge is 0.162 e. The van der Waals surface area contributed by atoms with E-state index in [-0.39, 0.29) is 23.8 Å². The highest BCUT2D eigenvalue weighted by Crippen LogP contribution is 2.26. The van der Waals surface area contributed by atoms with Crippen LogP contribution in [0.15, 0.2) is 97.1 Å². The zero-order chi connectivity index (χ0) is 30.1. The SMILES string of the molecule is O=C(CCCCCCC(=O)c1ccc(-c2ccc(OCC3CO3)cc2)cc1)c1ccc(-c2ccc(OCC3CO3)cc2)cc1. The molecule has 2 unspecified atom stereocenters. The molecule has 226 valence electrons. The van der Waals surface area contributed by atoms with E-state index < -0.39 is 0 Å². The first-order valence-corrected chi connectivity index (χ1v) is 15.6. The maximum atomic E-state index is 12.7. The molecule has 2 heterocycles. The maximum Gasteiger partial charge on any atom is 0.162 e. The van der Waals surface area contributed by atoms with Crippen LogP contribution in [0.2, 0.25) is 0 Å². The van der Waals surface area contributed by atoms with E-state index in [2.05, 4.69) is 0 Å². The standard InChI is InChI=1S/C38H38O6/c39-37(31-11-7-27(8-12-31)29-15-19-33(20-16-29)41-23-35-25-43-35)5-3-1-2-4-6-38(40)32-13-9-28(10-14-32)30-17-21-34(22-18-30)42-24-36-26-44-36/h7-22,35-36H,1-6,23-26H2. The molecule has 0 aliphatic carbocycles. The summed E-state index contributed by atoms with van der Waals surface area (Å²) >= 11 is 0. The van der Waals surface area contributed by atoms with Crippen molar-refractivity contribution in [2.45, 2.75) is 50.7 Å². The molecule has 0 saturated carbocycles. The average Bonchev–Trinajstić information content (AvgIpc) is 4.01. The Morgan fingerprint density at radius 1 is 0.500 bits per heavy atom. The molecule has 2 saturated heterocycles. The van der Waals surface area contributed by atoms with E-state index in [1.54, 1.807) is 0 Å². The largest absolute Gasteiger partial charge is 0.491 e. The molecule has 6 nitrogen and oxygen atoms in total. The number of carbonyl (C=O) groups is 2. The van der Waals surface area contributed by atoms with Gasteiger partial charge < -0.3 is 18.9 Å². The number of ether oxygens (including phenoxy) is 4. The van der Waals surface area contributed by atoms with Gasteiger partial charge in [-0.25, -0.2) is 0 Å². The zero-order valence-electron chi connectivity index (χ0n) is 24.9. The van der Waals surface area contributed by atoms with E-state index in [0.29, 0.717) is 26.1 Å². The van der Waals surface area contributed by atoms with E-state index in [0.717, 1.165) is 83.8 Å². The van der Waals surface area contributed by atoms with Crippen LogP contribution in [0, 0.1) is 0 Å². The summed E-state index contributed by atoms with van der Waals surface area (Å²) in [6.45, 7) is 2.75. The molecule has 0 aromatic heterocycles. The fraction of sp³-hybridized carbons (Fsp3) is 0.316. The molecular weight excluding hydrogens is 552 g/mol. The van der Waals surface area contributed by atoms with Gasteiger partial charge in [0.2, 0.25) is 0 Å². The van der Waals surface area contributed by atoms with Crippen LogP contribution in [-0.4, -0.2) is 50.2 Å². The van der Waals surface area contributed by atoms with Gasteiger partial charge in [-0.1, -0.05) is 85.6 Å². The number of ketones is 2. The fourth-order valence-corrected chi connectivity index (χ4v) is 5.10. The molecule has 0 radical (unpaired) electrons. The highest BCUT2D eigenvalue weighted by atomic mass is 16.6. The van der Waals surface area contributed by atoms with Crippen molar-refractivity contribution in [3.8, 4) is 33.8 Å². The Kier molecular flexibility index (Phi) is 9.80. The molecule has 6 rings (SSSR count). The third kappa shape index (κ3) is 8.65. The Bertz CT molecular complexity index is 1400. The second kappa shape index (κ2) is 14.5. The van der Waals surface area contributed by atoms with Gasteiger partial charge >= 0.3 is 0 Å². The first-order chi connectivity index (χ1) is 21.6. The molecule has 0 spiro atoms. The van der Waals surface area contributed by atoms with Gasteiger partial charge in [0.25, 0.3) is 0 Å². The number of rotatable bonds is 17. The summed E-state index contributed by atoms with van der Waals surface area (Å²) in [4.78, 5) is 25.4.